The summed E-state index contributed by atoms with van der Waals surface area (Å²) in [7, 11) is 1.94. The molecule has 3 heterocycles. The zero-order valence-electron chi connectivity index (χ0n) is 18.4. The Morgan fingerprint density at radius 1 is 1.28 bits per heavy atom. The fourth-order valence-corrected chi connectivity index (χ4v) is 3.93. The number of hydrogen-bond acceptors (Lipinski definition) is 5. The molecule has 2 unspecified atom stereocenters. The number of morpholine rings is 1. The molecule has 1 N–H and O–H groups in total. The molecule has 0 aromatic carbocycles. The van der Waals surface area contributed by atoms with Gasteiger partial charge in [0, 0.05) is 64.1 Å². The van der Waals surface area contributed by atoms with Gasteiger partial charge in [-0.2, -0.15) is 5.10 Å². The van der Waals surface area contributed by atoms with E-state index in [4.69, 9.17) is 9.73 Å². The molecule has 0 radical (unpaired) electrons. The molecule has 0 aliphatic carbocycles. The molecule has 29 heavy (non-hydrogen) atoms. The van der Waals surface area contributed by atoms with Gasteiger partial charge in [0.25, 0.3) is 0 Å². The van der Waals surface area contributed by atoms with Crippen LogP contribution in [-0.4, -0.2) is 102 Å². The molecule has 0 amide bonds. The Morgan fingerprint density at radius 3 is 2.66 bits per heavy atom. The SMILES string of the molecule is CCNC(=NCC(C)N1CCN(CC)CC1)N1CCOC(c2cnn(C)c2)C1.I. The average Bonchev–Trinajstić information content (AvgIpc) is 3.17. The number of nitrogens with one attached hydrogen (secondary N) is 1. The zero-order valence-corrected chi connectivity index (χ0v) is 20.7. The molecular formula is C20H38IN7O. The van der Waals surface area contributed by atoms with Gasteiger partial charge in [-0.3, -0.25) is 14.6 Å². The Kier molecular flexibility index (Phi) is 10.1. The number of guanidine groups is 1. The number of halogens is 1. The number of nitrogens with zero attached hydrogens (tertiary/aromatic N) is 6. The molecule has 166 valence electrons. The molecule has 0 bridgehead atoms. The van der Waals surface area contributed by atoms with E-state index >= 15 is 0 Å². The predicted octanol–water partition coefficient (Wildman–Crippen LogP) is 1.40. The smallest absolute Gasteiger partial charge is 0.194 e. The highest BCUT2D eigenvalue weighted by Crippen LogP contribution is 2.21. The molecule has 0 saturated carbocycles. The minimum atomic E-state index is 0. The van der Waals surface area contributed by atoms with E-state index < -0.39 is 0 Å². The van der Waals surface area contributed by atoms with Gasteiger partial charge in [-0.05, 0) is 20.4 Å². The highest BCUT2D eigenvalue weighted by molar-refractivity contribution is 14.0. The Balaban J connectivity index is 0.00000300. The van der Waals surface area contributed by atoms with Crippen molar-refractivity contribution in [3.8, 4) is 0 Å². The van der Waals surface area contributed by atoms with Crippen molar-refractivity contribution in [1.29, 1.82) is 0 Å². The standard InChI is InChI=1S/C20H37N7O.HI/c1-5-21-20(22-13-17(3)26-9-7-25(6-2)8-10-26)27-11-12-28-19(16-27)18-14-23-24(4)15-18;/h14-15,17,19H,5-13,16H2,1-4H3,(H,21,22);1H. The van der Waals surface area contributed by atoms with Crippen LogP contribution < -0.4 is 5.32 Å². The number of aromatic nitrogens is 2. The van der Waals surface area contributed by atoms with Gasteiger partial charge < -0.3 is 19.9 Å². The topological polar surface area (TPSA) is 61.2 Å². The van der Waals surface area contributed by atoms with Gasteiger partial charge in [-0.15, -0.1) is 24.0 Å². The van der Waals surface area contributed by atoms with Crippen molar-refractivity contribution in [1.82, 2.24) is 29.8 Å². The molecule has 3 rings (SSSR count). The number of aryl methyl sites for hydroxylation is 1. The maximum Gasteiger partial charge on any atom is 0.194 e. The molecular weight excluding hydrogens is 481 g/mol. The van der Waals surface area contributed by atoms with Crippen molar-refractivity contribution in [3.05, 3.63) is 18.0 Å². The van der Waals surface area contributed by atoms with Crippen LogP contribution in [0, 0.1) is 0 Å². The molecule has 9 heteroatoms. The first-order chi connectivity index (χ1) is 13.6. The summed E-state index contributed by atoms with van der Waals surface area (Å²) in [6, 6.07) is 0.461. The number of hydrogen-bond donors (Lipinski definition) is 1. The molecule has 1 aromatic rings. The van der Waals surface area contributed by atoms with Gasteiger partial charge in [-0.1, -0.05) is 6.92 Å². The Hall–Kier alpha value is -0.910. The van der Waals surface area contributed by atoms with Crippen molar-refractivity contribution in [2.45, 2.75) is 32.9 Å². The van der Waals surface area contributed by atoms with E-state index in [1.54, 1.807) is 0 Å². The van der Waals surface area contributed by atoms with Crippen LogP contribution in [0.3, 0.4) is 0 Å². The second-order valence-electron chi connectivity index (χ2n) is 7.77. The summed E-state index contributed by atoms with van der Waals surface area (Å²) >= 11 is 0. The quantitative estimate of drug-likeness (QED) is 0.349. The third-order valence-corrected chi connectivity index (χ3v) is 5.78. The lowest BCUT2D eigenvalue weighted by Crippen LogP contribution is -2.51. The van der Waals surface area contributed by atoms with Crippen molar-refractivity contribution < 1.29 is 4.74 Å². The van der Waals surface area contributed by atoms with E-state index in [1.165, 1.54) is 13.1 Å². The van der Waals surface area contributed by atoms with E-state index in [2.05, 4.69) is 45.9 Å². The number of rotatable bonds is 6. The lowest BCUT2D eigenvalue weighted by Gasteiger charge is -2.38. The number of aliphatic imine (C=N–C) groups is 1. The third-order valence-electron chi connectivity index (χ3n) is 5.78. The van der Waals surface area contributed by atoms with Gasteiger partial charge in [0.05, 0.1) is 25.9 Å². The predicted molar refractivity (Wildman–Crippen MR) is 128 cm³/mol. The van der Waals surface area contributed by atoms with Crippen LogP contribution in [-0.2, 0) is 11.8 Å². The fraction of sp³-hybridized carbons (Fsp3) is 0.800. The van der Waals surface area contributed by atoms with E-state index in [0.717, 1.165) is 57.3 Å². The van der Waals surface area contributed by atoms with Crippen molar-refractivity contribution in [2.24, 2.45) is 12.0 Å². The van der Waals surface area contributed by atoms with Crippen molar-refractivity contribution in [3.63, 3.8) is 0 Å². The Morgan fingerprint density at radius 2 is 2.03 bits per heavy atom. The van der Waals surface area contributed by atoms with E-state index in [9.17, 15) is 0 Å². The molecule has 2 saturated heterocycles. The van der Waals surface area contributed by atoms with Crippen LogP contribution in [0.2, 0.25) is 0 Å². The van der Waals surface area contributed by atoms with E-state index in [-0.39, 0.29) is 30.1 Å². The fourth-order valence-electron chi connectivity index (χ4n) is 3.93. The summed E-state index contributed by atoms with van der Waals surface area (Å²) in [6.07, 6.45) is 3.98. The normalized spacial score (nSPS) is 23.0. The molecule has 2 fully saturated rings. The Labute approximate surface area is 192 Å². The van der Waals surface area contributed by atoms with Crippen LogP contribution >= 0.6 is 24.0 Å². The second kappa shape index (κ2) is 12.1. The molecule has 2 aliphatic heterocycles. The minimum absolute atomic E-state index is 0. The zero-order chi connectivity index (χ0) is 19.9. The van der Waals surface area contributed by atoms with Gasteiger partial charge >= 0.3 is 0 Å². The summed E-state index contributed by atoms with van der Waals surface area (Å²) in [5, 5.41) is 7.76. The second-order valence-corrected chi connectivity index (χ2v) is 7.77. The van der Waals surface area contributed by atoms with Crippen LogP contribution in [0.25, 0.3) is 0 Å². The van der Waals surface area contributed by atoms with Crippen LogP contribution in [0.15, 0.2) is 17.4 Å². The molecule has 2 aliphatic rings. The van der Waals surface area contributed by atoms with E-state index in [0.29, 0.717) is 12.6 Å². The van der Waals surface area contributed by atoms with Crippen LogP contribution in [0.4, 0.5) is 0 Å². The van der Waals surface area contributed by atoms with E-state index in [1.807, 2.05) is 24.1 Å². The van der Waals surface area contributed by atoms with Crippen molar-refractivity contribution in [2.75, 3.05) is 65.5 Å². The number of likely N-dealkylation sites (N-methyl/N-ethyl adjacent to an activating group) is 1. The molecule has 2 atom stereocenters. The van der Waals surface area contributed by atoms with Crippen LogP contribution in [0.5, 0.6) is 0 Å². The molecule has 8 nitrogen and oxygen atoms in total. The third kappa shape index (κ3) is 6.80. The average molecular weight is 519 g/mol. The highest BCUT2D eigenvalue weighted by atomic mass is 127. The molecule has 0 spiro atoms. The summed E-state index contributed by atoms with van der Waals surface area (Å²) in [5.41, 5.74) is 1.13. The summed E-state index contributed by atoms with van der Waals surface area (Å²) in [4.78, 5) is 12.4. The first kappa shape index (κ1) is 24.4. The number of ether oxygens (including phenoxy) is 1. The summed E-state index contributed by atoms with van der Waals surface area (Å²) < 4.78 is 7.82. The van der Waals surface area contributed by atoms with Gasteiger partial charge in [0.2, 0.25) is 0 Å². The number of piperazine rings is 1. The lowest BCUT2D eigenvalue weighted by atomic mass is 10.1. The van der Waals surface area contributed by atoms with Gasteiger partial charge in [0.1, 0.15) is 6.10 Å². The van der Waals surface area contributed by atoms with Gasteiger partial charge in [0.15, 0.2) is 5.96 Å². The maximum atomic E-state index is 5.99. The van der Waals surface area contributed by atoms with Crippen LogP contribution in [0.1, 0.15) is 32.4 Å². The largest absolute Gasteiger partial charge is 0.370 e. The van der Waals surface area contributed by atoms with Gasteiger partial charge in [-0.25, -0.2) is 0 Å². The highest BCUT2D eigenvalue weighted by Gasteiger charge is 2.26. The first-order valence-corrected chi connectivity index (χ1v) is 10.7. The molecule has 1 aromatic heterocycles. The summed E-state index contributed by atoms with van der Waals surface area (Å²) in [6.45, 7) is 16.5. The summed E-state index contributed by atoms with van der Waals surface area (Å²) in [5.74, 6) is 0.999. The van der Waals surface area contributed by atoms with Crippen molar-refractivity contribution >= 4 is 29.9 Å². The Bertz CT molecular complexity index is 630. The lowest BCUT2D eigenvalue weighted by molar-refractivity contribution is -0.00809. The minimum Gasteiger partial charge on any atom is -0.370 e. The maximum absolute atomic E-state index is 5.99. The monoisotopic (exact) mass is 519 g/mol. The first-order valence-electron chi connectivity index (χ1n) is 10.7.